The molecular weight excluding hydrogens is 328 g/mol. The number of aryl methyl sites for hydroxylation is 1. The average Bonchev–Trinajstić information content (AvgIpc) is 2.41. The van der Waals surface area contributed by atoms with Crippen molar-refractivity contribution in [1.29, 1.82) is 0 Å². The van der Waals surface area contributed by atoms with Crippen LogP contribution in [0.2, 0.25) is 5.02 Å². The molecule has 0 fully saturated rings. The maximum Gasteiger partial charge on any atom is 0.263 e. The number of thiocarbonyl (C=S) groups is 1. The van der Waals surface area contributed by atoms with Crippen LogP contribution >= 0.6 is 23.8 Å². The fourth-order valence-corrected chi connectivity index (χ4v) is 3.53. The quantitative estimate of drug-likeness (QED) is 0.839. The molecule has 0 amide bonds. The summed E-state index contributed by atoms with van der Waals surface area (Å²) in [4.78, 5) is 0.0525. The molecule has 2 aromatic carbocycles. The van der Waals surface area contributed by atoms with Gasteiger partial charge in [-0.05, 0) is 30.7 Å². The molecule has 0 saturated heterocycles. The van der Waals surface area contributed by atoms with Gasteiger partial charge in [0.15, 0.2) is 0 Å². The van der Waals surface area contributed by atoms with Gasteiger partial charge in [0.25, 0.3) is 10.0 Å². The SMILES string of the molecule is Cc1ccccc1NS(=O)(=O)c1cc(C(N)=S)ccc1Cl. The molecule has 2 aromatic rings. The first-order valence-corrected chi connectivity index (χ1v) is 8.26. The molecule has 0 aliphatic rings. The lowest BCUT2D eigenvalue weighted by Crippen LogP contribution is -2.16. The van der Waals surface area contributed by atoms with Crippen LogP contribution in [0.15, 0.2) is 47.4 Å². The van der Waals surface area contributed by atoms with Crippen LogP contribution in [0, 0.1) is 6.92 Å². The van der Waals surface area contributed by atoms with Crippen LogP contribution < -0.4 is 10.5 Å². The topological polar surface area (TPSA) is 72.2 Å². The second-order valence-electron chi connectivity index (χ2n) is 4.43. The summed E-state index contributed by atoms with van der Waals surface area (Å²) in [6.45, 7) is 1.81. The molecule has 0 aliphatic heterocycles. The van der Waals surface area contributed by atoms with Crippen LogP contribution in [0.25, 0.3) is 0 Å². The number of anilines is 1. The number of hydrogen-bond acceptors (Lipinski definition) is 3. The Labute approximate surface area is 134 Å². The summed E-state index contributed by atoms with van der Waals surface area (Å²) in [7, 11) is -3.82. The monoisotopic (exact) mass is 340 g/mol. The van der Waals surface area contributed by atoms with E-state index in [9.17, 15) is 8.42 Å². The van der Waals surface area contributed by atoms with Crippen molar-refractivity contribution in [3.8, 4) is 0 Å². The Morgan fingerprint density at radius 2 is 1.90 bits per heavy atom. The minimum Gasteiger partial charge on any atom is -0.389 e. The van der Waals surface area contributed by atoms with Crippen LogP contribution in [0.4, 0.5) is 5.69 Å². The van der Waals surface area contributed by atoms with Crippen LogP contribution in [0.5, 0.6) is 0 Å². The minimum absolute atomic E-state index is 0.0577. The first-order chi connectivity index (χ1) is 9.81. The van der Waals surface area contributed by atoms with Gasteiger partial charge in [-0.1, -0.05) is 48.1 Å². The van der Waals surface area contributed by atoms with Crippen molar-refractivity contribution in [2.45, 2.75) is 11.8 Å². The van der Waals surface area contributed by atoms with Crippen molar-refractivity contribution >= 4 is 44.5 Å². The zero-order valence-corrected chi connectivity index (χ0v) is 13.5. The van der Waals surface area contributed by atoms with Gasteiger partial charge in [0.2, 0.25) is 0 Å². The van der Waals surface area contributed by atoms with Gasteiger partial charge in [0.1, 0.15) is 9.88 Å². The molecule has 0 unspecified atom stereocenters. The van der Waals surface area contributed by atoms with Gasteiger partial charge in [0, 0.05) is 5.56 Å². The van der Waals surface area contributed by atoms with Crippen LogP contribution in [-0.4, -0.2) is 13.4 Å². The summed E-state index contributed by atoms with van der Waals surface area (Å²) in [5.41, 5.74) is 7.27. The van der Waals surface area contributed by atoms with E-state index in [1.165, 1.54) is 12.1 Å². The van der Waals surface area contributed by atoms with Crippen molar-refractivity contribution in [3.05, 3.63) is 58.6 Å². The highest BCUT2D eigenvalue weighted by Crippen LogP contribution is 2.26. The van der Waals surface area contributed by atoms with E-state index in [0.29, 0.717) is 11.3 Å². The highest BCUT2D eigenvalue weighted by atomic mass is 35.5. The number of rotatable bonds is 4. The number of halogens is 1. The van der Waals surface area contributed by atoms with Gasteiger partial charge in [-0.3, -0.25) is 4.72 Å². The Morgan fingerprint density at radius 1 is 1.24 bits per heavy atom. The van der Waals surface area contributed by atoms with E-state index in [-0.39, 0.29) is 14.9 Å². The van der Waals surface area contributed by atoms with E-state index >= 15 is 0 Å². The lowest BCUT2D eigenvalue weighted by molar-refractivity contribution is 0.601. The molecule has 0 aromatic heterocycles. The molecule has 7 heteroatoms. The lowest BCUT2D eigenvalue weighted by Gasteiger charge is -2.12. The minimum atomic E-state index is -3.82. The van der Waals surface area contributed by atoms with Gasteiger partial charge in [-0.15, -0.1) is 0 Å². The first kappa shape index (κ1) is 15.8. The Hall–Kier alpha value is -1.63. The Kier molecular flexibility index (Phi) is 4.51. The lowest BCUT2D eigenvalue weighted by atomic mass is 10.2. The fourth-order valence-electron chi connectivity index (χ4n) is 1.75. The molecule has 0 atom stereocenters. The molecule has 0 spiro atoms. The highest BCUT2D eigenvalue weighted by molar-refractivity contribution is 7.92. The van der Waals surface area contributed by atoms with E-state index in [1.807, 2.05) is 19.1 Å². The summed E-state index contributed by atoms with van der Waals surface area (Å²) in [5.74, 6) is 0. The normalized spacial score (nSPS) is 11.1. The molecule has 0 aliphatic carbocycles. The second kappa shape index (κ2) is 6.01. The summed E-state index contributed by atoms with van der Waals surface area (Å²) >= 11 is 10.8. The van der Waals surface area contributed by atoms with E-state index in [2.05, 4.69) is 4.72 Å². The van der Waals surface area contributed by atoms with E-state index in [0.717, 1.165) is 5.56 Å². The summed E-state index contributed by atoms with van der Waals surface area (Å²) in [6.07, 6.45) is 0. The number of nitrogens with two attached hydrogens (primary N) is 1. The molecule has 4 nitrogen and oxygen atoms in total. The van der Waals surface area contributed by atoms with Gasteiger partial charge < -0.3 is 5.73 Å². The average molecular weight is 341 g/mol. The van der Waals surface area contributed by atoms with Crippen molar-refractivity contribution in [2.75, 3.05) is 4.72 Å². The fraction of sp³-hybridized carbons (Fsp3) is 0.0714. The molecule has 110 valence electrons. The van der Waals surface area contributed by atoms with Crippen LogP contribution in [0.3, 0.4) is 0 Å². The Balaban J connectivity index is 2.47. The molecule has 3 N–H and O–H groups in total. The summed E-state index contributed by atoms with van der Waals surface area (Å²) in [6, 6.07) is 11.5. The molecule has 0 bridgehead atoms. The Bertz CT molecular complexity index is 804. The van der Waals surface area contributed by atoms with E-state index < -0.39 is 10.0 Å². The van der Waals surface area contributed by atoms with Gasteiger partial charge in [-0.25, -0.2) is 8.42 Å². The van der Waals surface area contributed by atoms with Gasteiger partial charge >= 0.3 is 0 Å². The van der Waals surface area contributed by atoms with Crippen molar-refractivity contribution in [1.82, 2.24) is 0 Å². The Morgan fingerprint density at radius 3 is 2.52 bits per heavy atom. The standard InChI is InChI=1S/C14H13ClN2O2S2/c1-9-4-2-3-5-12(9)17-21(18,19)13-8-10(14(16)20)6-7-11(13)15/h2-8,17H,1H3,(H2,16,20). The van der Waals surface area contributed by atoms with Crippen LogP contribution in [0.1, 0.15) is 11.1 Å². The largest absolute Gasteiger partial charge is 0.389 e. The molecule has 0 saturated carbocycles. The second-order valence-corrected chi connectivity index (χ2v) is 6.93. The van der Waals surface area contributed by atoms with Gasteiger partial charge in [-0.2, -0.15) is 0 Å². The maximum atomic E-state index is 12.5. The number of hydrogen-bond donors (Lipinski definition) is 2. The summed E-state index contributed by atoms with van der Waals surface area (Å²) in [5, 5.41) is 0.107. The van der Waals surface area contributed by atoms with Crippen molar-refractivity contribution in [3.63, 3.8) is 0 Å². The third kappa shape index (κ3) is 3.53. The first-order valence-electron chi connectivity index (χ1n) is 5.99. The molecule has 0 heterocycles. The molecular formula is C14H13ClN2O2S2. The summed E-state index contributed by atoms with van der Waals surface area (Å²) < 4.78 is 27.5. The molecule has 0 radical (unpaired) electrons. The van der Waals surface area contributed by atoms with Crippen LogP contribution in [-0.2, 0) is 10.0 Å². The number of nitrogens with one attached hydrogen (secondary N) is 1. The number of benzene rings is 2. The van der Waals surface area contributed by atoms with E-state index in [1.54, 1.807) is 18.2 Å². The van der Waals surface area contributed by atoms with Crippen molar-refractivity contribution in [2.24, 2.45) is 5.73 Å². The van der Waals surface area contributed by atoms with Gasteiger partial charge in [0.05, 0.1) is 10.7 Å². The highest BCUT2D eigenvalue weighted by Gasteiger charge is 2.19. The van der Waals surface area contributed by atoms with E-state index in [4.69, 9.17) is 29.6 Å². The molecule has 21 heavy (non-hydrogen) atoms. The number of para-hydroxylation sites is 1. The molecule has 2 rings (SSSR count). The number of sulfonamides is 1. The third-order valence-corrected chi connectivity index (χ3v) is 4.98. The zero-order valence-electron chi connectivity index (χ0n) is 11.1. The maximum absolute atomic E-state index is 12.5. The third-order valence-electron chi connectivity index (χ3n) is 2.89. The predicted octanol–water partition coefficient (Wildman–Crippen LogP) is 3.08. The van der Waals surface area contributed by atoms with Crippen molar-refractivity contribution < 1.29 is 8.42 Å². The zero-order chi connectivity index (χ0) is 15.6. The predicted molar refractivity (Wildman–Crippen MR) is 89.3 cm³/mol. The smallest absolute Gasteiger partial charge is 0.263 e.